The van der Waals surface area contributed by atoms with Gasteiger partial charge in [-0.2, -0.15) is 0 Å². The van der Waals surface area contributed by atoms with Crippen LogP contribution in [0.2, 0.25) is 0 Å². The fourth-order valence-corrected chi connectivity index (χ4v) is 0.571. The van der Waals surface area contributed by atoms with E-state index in [0.29, 0.717) is 6.54 Å². The van der Waals surface area contributed by atoms with Crippen LogP contribution < -0.4 is 0 Å². The summed E-state index contributed by atoms with van der Waals surface area (Å²) >= 11 is 4.38. The van der Waals surface area contributed by atoms with Crippen molar-refractivity contribution in [2.24, 2.45) is 4.99 Å². The Labute approximate surface area is 58.2 Å². The molecule has 0 N–H and O–H groups in total. The van der Waals surface area contributed by atoms with Crippen LogP contribution in [0.1, 0.15) is 5.56 Å². The zero-order valence-corrected chi connectivity index (χ0v) is 5.52. The third kappa shape index (κ3) is 1.80. The third-order valence-electron chi connectivity index (χ3n) is 0.906. The van der Waals surface area contributed by atoms with Crippen molar-refractivity contribution in [3.8, 4) is 0 Å². The van der Waals surface area contributed by atoms with Crippen molar-refractivity contribution >= 4 is 17.4 Å². The maximum atomic E-state index is 4.79. The molecule has 0 amide bonds. The Morgan fingerprint density at radius 2 is 2.67 bits per heavy atom. The summed E-state index contributed by atoms with van der Waals surface area (Å²) in [4.78, 5) is 3.72. The Hall–Kier alpha value is -0.920. The highest BCUT2D eigenvalue weighted by Crippen LogP contribution is 1.99. The minimum Gasteiger partial charge on any atom is -0.472 e. The molecule has 0 aliphatic rings. The van der Waals surface area contributed by atoms with Crippen LogP contribution >= 0.6 is 12.2 Å². The van der Waals surface area contributed by atoms with E-state index in [9.17, 15) is 0 Å². The molecule has 9 heavy (non-hydrogen) atoms. The van der Waals surface area contributed by atoms with E-state index in [-0.39, 0.29) is 0 Å². The standard InChI is InChI=1S/C6H5NOS/c9-5-7-3-6-1-2-8-4-6/h1-2,4H,3H2. The number of aliphatic imine (C=N–C) groups is 1. The number of hydrogen-bond donors (Lipinski definition) is 0. The number of isothiocyanates is 1. The number of thiocarbonyl (C=S) groups is 1. The lowest BCUT2D eigenvalue weighted by atomic mass is 10.3. The van der Waals surface area contributed by atoms with Crippen molar-refractivity contribution in [2.75, 3.05) is 0 Å². The van der Waals surface area contributed by atoms with Gasteiger partial charge in [-0.25, -0.2) is 4.99 Å². The molecule has 0 bridgehead atoms. The lowest BCUT2D eigenvalue weighted by molar-refractivity contribution is 0.564. The summed E-state index contributed by atoms with van der Waals surface area (Å²) in [6, 6.07) is 1.84. The minimum atomic E-state index is 0.569. The molecule has 0 atom stereocenters. The SMILES string of the molecule is S=C=NCc1ccoc1. The molecule has 0 aliphatic carbocycles. The first kappa shape index (κ1) is 6.20. The highest BCUT2D eigenvalue weighted by molar-refractivity contribution is 7.78. The summed E-state index contributed by atoms with van der Waals surface area (Å²) in [5, 5.41) is 2.27. The number of furan rings is 1. The first-order valence-corrected chi connectivity index (χ1v) is 2.89. The van der Waals surface area contributed by atoms with Gasteiger partial charge in [0.15, 0.2) is 0 Å². The zero-order chi connectivity index (χ0) is 6.53. The van der Waals surface area contributed by atoms with E-state index in [1.54, 1.807) is 12.5 Å². The highest BCUT2D eigenvalue weighted by atomic mass is 32.1. The van der Waals surface area contributed by atoms with Gasteiger partial charge in [-0.05, 0) is 18.3 Å². The van der Waals surface area contributed by atoms with Gasteiger partial charge in [-0.3, -0.25) is 0 Å². The van der Waals surface area contributed by atoms with Crippen LogP contribution in [0.5, 0.6) is 0 Å². The summed E-state index contributed by atoms with van der Waals surface area (Å²) in [6.07, 6.45) is 3.24. The number of nitrogens with zero attached hydrogens (tertiary/aromatic N) is 1. The van der Waals surface area contributed by atoms with Gasteiger partial charge in [0.05, 0.1) is 24.2 Å². The van der Waals surface area contributed by atoms with Crippen molar-refractivity contribution in [1.82, 2.24) is 0 Å². The lowest BCUT2D eigenvalue weighted by Crippen LogP contribution is -1.71. The second-order valence-electron chi connectivity index (χ2n) is 1.54. The molecule has 1 heterocycles. The van der Waals surface area contributed by atoms with Crippen LogP contribution in [0.3, 0.4) is 0 Å². The van der Waals surface area contributed by atoms with Crippen LogP contribution in [0.4, 0.5) is 0 Å². The first-order chi connectivity index (χ1) is 4.43. The average molecular weight is 139 g/mol. The summed E-state index contributed by atoms with van der Waals surface area (Å²) in [5.41, 5.74) is 1.02. The largest absolute Gasteiger partial charge is 0.472 e. The zero-order valence-electron chi connectivity index (χ0n) is 4.70. The normalized spacial score (nSPS) is 8.44. The molecule has 3 heteroatoms. The molecule has 0 aromatic carbocycles. The van der Waals surface area contributed by atoms with Crippen LogP contribution in [-0.4, -0.2) is 5.16 Å². The van der Waals surface area contributed by atoms with Gasteiger partial charge in [-0.1, -0.05) is 0 Å². The average Bonchev–Trinajstić information content (AvgIpc) is 2.34. The quantitative estimate of drug-likeness (QED) is 0.461. The van der Waals surface area contributed by atoms with Gasteiger partial charge in [0.25, 0.3) is 0 Å². The summed E-state index contributed by atoms with van der Waals surface area (Å²) in [7, 11) is 0. The van der Waals surface area contributed by atoms with Crippen molar-refractivity contribution in [2.45, 2.75) is 6.54 Å². The van der Waals surface area contributed by atoms with Crippen LogP contribution in [0, 0.1) is 0 Å². The molecule has 0 unspecified atom stereocenters. The maximum absolute atomic E-state index is 4.79. The molecule has 1 rings (SSSR count). The Morgan fingerprint density at radius 1 is 1.78 bits per heavy atom. The van der Waals surface area contributed by atoms with Gasteiger partial charge in [0.2, 0.25) is 0 Å². The van der Waals surface area contributed by atoms with Crippen molar-refractivity contribution in [3.63, 3.8) is 0 Å². The Kier molecular flexibility index (Phi) is 2.19. The van der Waals surface area contributed by atoms with E-state index >= 15 is 0 Å². The molecule has 0 fully saturated rings. The summed E-state index contributed by atoms with van der Waals surface area (Å²) in [5.74, 6) is 0. The highest BCUT2D eigenvalue weighted by Gasteiger charge is 1.87. The minimum absolute atomic E-state index is 0.569. The second-order valence-corrected chi connectivity index (χ2v) is 1.72. The molecule has 0 spiro atoms. The molecule has 2 nitrogen and oxygen atoms in total. The molecular weight excluding hydrogens is 134 g/mol. The predicted molar refractivity (Wildman–Crippen MR) is 37.4 cm³/mol. The summed E-state index contributed by atoms with van der Waals surface area (Å²) in [6.45, 7) is 0.569. The third-order valence-corrected chi connectivity index (χ3v) is 1.04. The molecule has 0 aliphatic heterocycles. The van der Waals surface area contributed by atoms with Gasteiger partial charge < -0.3 is 4.42 Å². The van der Waals surface area contributed by atoms with E-state index in [4.69, 9.17) is 4.42 Å². The Balaban J connectivity index is 2.57. The molecular formula is C6H5NOS. The van der Waals surface area contributed by atoms with Crippen LogP contribution in [0.15, 0.2) is 28.0 Å². The molecule has 1 aromatic heterocycles. The number of rotatable bonds is 2. The first-order valence-electron chi connectivity index (χ1n) is 2.48. The smallest absolute Gasteiger partial charge is 0.0953 e. The van der Waals surface area contributed by atoms with Gasteiger partial charge in [0, 0.05) is 5.56 Å². The van der Waals surface area contributed by atoms with Crippen LogP contribution in [-0.2, 0) is 6.54 Å². The lowest BCUT2D eigenvalue weighted by Gasteiger charge is -1.79. The Morgan fingerprint density at radius 3 is 3.22 bits per heavy atom. The van der Waals surface area contributed by atoms with Crippen molar-refractivity contribution in [1.29, 1.82) is 0 Å². The molecule has 0 radical (unpaired) electrons. The van der Waals surface area contributed by atoms with E-state index in [0.717, 1.165) is 5.56 Å². The molecule has 46 valence electrons. The monoisotopic (exact) mass is 139 g/mol. The molecule has 0 saturated carbocycles. The second kappa shape index (κ2) is 3.17. The molecule has 1 aromatic rings. The molecule has 0 saturated heterocycles. The number of hydrogen-bond acceptors (Lipinski definition) is 3. The maximum Gasteiger partial charge on any atom is 0.0953 e. The van der Waals surface area contributed by atoms with E-state index < -0.39 is 0 Å². The fourth-order valence-electron chi connectivity index (χ4n) is 0.506. The van der Waals surface area contributed by atoms with E-state index in [1.165, 1.54) is 0 Å². The fraction of sp³-hybridized carbons (Fsp3) is 0.167. The van der Waals surface area contributed by atoms with E-state index in [1.807, 2.05) is 6.07 Å². The van der Waals surface area contributed by atoms with Crippen molar-refractivity contribution in [3.05, 3.63) is 24.2 Å². The summed E-state index contributed by atoms with van der Waals surface area (Å²) < 4.78 is 4.79. The predicted octanol–water partition coefficient (Wildman–Crippen LogP) is 1.88. The van der Waals surface area contributed by atoms with Gasteiger partial charge in [0.1, 0.15) is 0 Å². The topological polar surface area (TPSA) is 25.5 Å². The Bertz CT molecular complexity index is 211. The van der Waals surface area contributed by atoms with Gasteiger partial charge in [-0.15, -0.1) is 0 Å². The van der Waals surface area contributed by atoms with Gasteiger partial charge >= 0.3 is 0 Å². The van der Waals surface area contributed by atoms with E-state index in [2.05, 4.69) is 22.4 Å². The van der Waals surface area contributed by atoms with Crippen molar-refractivity contribution < 1.29 is 4.42 Å². The van der Waals surface area contributed by atoms with Crippen LogP contribution in [0.25, 0.3) is 0 Å².